The van der Waals surface area contributed by atoms with E-state index in [0.717, 1.165) is 34.5 Å². The van der Waals surface area contributed by atoms with Gasteiger partial charge in [-0.3, -0.25) is 9.71 Å². The highest BCUT2D eigenvalue weighted by molar-refractivity contribution is 7.92. The van der Waals surface area contributed by atoms with Crippen molar-refractivity contribution in [1.29, 1.82) is 0 Å². The Kier molecular flexibility index (Phi) is 8.15. The van der Waals surface area contributed by atoms with Crippen LogP contribution in [0.5, 0.6) is 0 Å². The van der Waals surface area contributed by atoms with Crippen molar-refractivity contribution in [2.75, 3.05) is 17.5 Å². The summed E-state index contributed by atoms with van der Waals surface area (Å²) in [6.07, 6.45) is 3.54. The number of aliphatic hydroxyl groups excluding tert-OH is 1. The van der Waals surface area contributed by atoms with Gasteiger partial charge >= 0.3 is 0 Å². The average molecular weight is 524 g/mol. The molecule has 0 amide bonds. The molecule has 36 heavy (non-hydrogen) atoms. The predicted octanol–water partition coefficient (Wildman–Crippen LogP) is 4.76. The Morgan fingerprint density at radius 3 is 2.61 bits per heavy atom. The van der Waals surface area contributed by atoms with Crippen molar-refractivity contribution in [2.45, 2.75) is 35.8 Å². The standard InChI is InChI=1S/C27H29N3O4S2/c1-20(13-15-30-16-14-21-18-24(35(2)32)11-12-26(21)30)28-19-27(31)22-7-6-8-23(17-22)29-36(33,34)25-9-4-3-5-10-25/h3-12,14,16-18,27,29,31H,13,15,19H2,1-2H3/b28-20+/t27-,35?/m0/s1. The molecule has 4 aromatic rings. The smallest absolute Gasteiger partial charge is 0.261 e. The molecule has 0 aliphatic carbocycles. The van der Waals surface area contributed by atoms with E-state index in [1.54, 1.807) is 48.7 Å². The van der Waals surface area contributed by atoms with Crippen molar-refractivity contribution in [3.8, 4) is 0 Å². The highest BCUT2D eigenvalue weighted by Crippen LogP contribution is 2.22. The second-order valence-electron chi connectivity index (χ2n) is 8.57. The molecule has 1 aromatic heterocycles. The summed E-state index contributed by atoms with van der Waals surface area (Å²) in [5.74, 6) is 0. The van der Waals surface area contributed by atoms with E-state index in [4.69, 9.17) is 0 Å². The number of hydrogen-bond acceptors (Lipinski definition) is 5. The summed E-state index contributed by atoms with van der Waals surface area (Å²) >= 11 is -1.01. The van der Waals surface area contributed by atoms with Crippen LogP contribution in [0, 0.1) is 0 Å². The summed E-state index contributed by atoms with van der Waals surface area (Å²) in [5.41, 5.74) is 2.95. The summed E-state index contributed by atoms with van der Waals surface area (Å²) in [7, 11) is -3.71. The molecule has 0 saturated carbocycles. The molecule has 0 spiro atoms. The zero-order valence-electron chi connectivity index (χ0n) is 20.2. The van der Waals surface area contributed by atoms with E-state index in [1.165, 1.54) is 12.1 Å². The third kappa shape index (κ3) is 6.36. The number of nitrogens with one attached hydrogen (secondary N) is 1. The van der Waals surface area contributed by atoms with E-state index in [1.807, 2.05) is 37.4 Å². The van der Waals surface area contributed by atoms with E-state index in [-0.39, 0.29) is 11.4 Å². The number of anilines is 1. The van der Waals surface area contributed by atoms with Crippen molar-refractivity contribution < 1.29 is 18.1 Å². The van der Waals surface area contributed by atoms with E-state index >= 15 is 0 Å². The molecule has 0 saturated heterocycles. The van der Waals surface area contributed by atoms with Crippen LogP contribution in [0.15, 0.2) is 99.8 Å². The normalized spacial score (nSPS) is 14.1. The Balaban J connectivity index is 1.36. The molecular formula is C27H29N3O4S2. The number of fused-ring (bicyclic) bond motifs is 1. The monoisotopic (exact) mass is 523 g/mol. The molecule has 0 fully saturated rings. The van der Waals surface area contributed by atoms with Gasteiger partial charge in [0, 0.05) is 47.5 Å². The fraction of sp³-hybridized carbons (Fsp3) is 0.222. The van der Waals surface area contributed by atoms with Gasteiger partial charge in [0.2, 0.25) is 0 Å². The maximum atomic E-state index is 12.6. The van der Waals surface area contributed by atoms with Crippen LogP contribution >= 0.6 is 0 Å². The Morgan fingerprint density at radius 1 is 1.08 bits per heavy atom. The molecule has 188 valence electrons. The Morgan fingerprint density at radius 2 is 1.86 bits per heavy atom. The molecule has 9 heteroatoms. The Bertz CT molecular complexity index is 1460. The quantitative estimate of drug-likeness (QED) is 0.231. The highest BCUT2D eigenvalue weighted by Gasteiger charge is 2.15. The largest absolute Gasteiger partial charge is 0.612 e. The zero-order chi connectivity index (χ0) is 25.7. The minimum Gasteiger partial charge on any atom is -0.612 e. The van der Waals surface area contributed by atoms with Crippen LogP contribution in [0.3, 0.4) is 0 Å². The van der Waals surface area contributed by atoms with E-state index in [9.17, 15) is 18.1 Å². The number of benzene rings is 3. The fourth-order valence-electron chi connectivity index (χ4n) is 3.88. The molecule has 7 nitrogen and oxygen atoms in total. The molecule has 0 aliphatic heterocycles. The molecule has 2 atom stereocenters. The van der Waals surface area contributed by atoms with Crippen LogP contribution in [0.25, 0.3) is 10.9 Å². The number of sulfonamides is 1. The molecule has 0 aliphatic rings. The van der Waals surface area contributed by atoms with Gasteiger partial charge in [-0.15, -0.1) is 0 Å². The molecule has 1 unspecified atom stereocenters. The van der Waals surface area contributed by atoms with Crippen molar-refractivity contribution in [3.63, 3.8) is 0 Å². The molecular weight excluding hydrogens is 494 g/mol. The Labute approximate surface area is 214 Å². The van der Waals surface area contributed by atoms with Crippen LogP contribution in [0.1, 0.15) is 25.0 Å². The first kappa shape index (κ1) is 26.0. The molecule has 3 aromatic carbocycles. The number of aryl methyl sites for hydroxylation is 1. The number of aliphatic imine (C=N–C) groups is 1. The van der Waals surface area contributed by atoms with Gasteiger partial charge < -0.3 is 14.2 Å². The van der Waals surface area contributed by atoms with Crippen LogP contribution in [0.4, 0.5) is 5.69 Å². The van der Waals surface area contributed by atoms with Crippen LogP contribution in [-0.4, -0.2) is 41.2 Å². The van der Waals surface area contributed by atoms with Gasteiger partial charge in [-0.25, -0.2) is 8.42 Å². The second-order valence-corrected chi connectivity index (χ2v) is 11.6. The summed E-state index contributed by atoms with van der Waals surface area (Å²) < 4.78 is 41.6. The average Bonchev–Trinajstić information content (AvgIpc) is 3.28. The van der Waals surface area contributed by atoms with Crippen LogP contribution in [-0.2, 0) is 27.7 Å². The molecule has 0 radical (unpaired) electrons. The number of aliphatic hydroxyl groups is 1. The summed E-state index contributed by atoms with van der Waals surface area (Å²) in [6.45, 7) is 2.85. The SMILES string of the molecule is C/C(CCn1ccc2cc([S+](C)[O-])ccc21)=N\C[C@H](O)c1cccc(NS(=O)(=O)c2ccccc2)c1. The topological polar surface area (TPSA) is 107 Å². The maximum absolute atomic E-state index is 12.6. The molecule has 0 bridgehead atoms. The minimum absolute atomic E-state index is 0.174. The third-order valence-corrected chi connectivity index (χ3v) is 8.22. The number of rotatable bonds is 10. The van der Waals surface area contributed by atoms with Crippen molar-refractivity contribution >= 4 is 43.5 Å². The van der Waals surface area contributed by atoms with Crippen LogP contribution in [0.2, 0.25) is 0 Å². The van der Waals surface area contributed by atoms with E-state index in [2.05, 4.69) is 14.3 Å². The van der Waals surface area contributed by atoms with Crippen LogP contribution < -0.4 is 4.72 Å². The first-order valence-corrected chi connectivity index (χ1v) is 14.6. The molecule has 1 heterocycles. The van der Waals surface area contributed by atoms with Gasteiger partial charge in [-0.1, -0.05) is 30.3 Å². The van der Waals surface area contributed by atoms with Crippen molar-refractivity contribution in [3.05, 3.63) is 90.6 Å². The summed E-state index contributed by atoms with van der Waals surface area (Å²) in [6, 6.07) is 22.7. The van der Waals surface area contributed by atoms with E-state index in [0.29, 0.717) is 11.3 Å². The molecule has 4 rings (SSSR count). The summed E-state index contributed by atoms with van der Waals surface area (Å²) in [5, 5.41) is 11.7. The first-order chi connectivity index (χ1) is 17.2. The lowest BCUT2D eigenvalue weighted by Crippen LogP contribution is -2.13. The van der Waals surface area contributed by atoms with Crippen molar-refractivity contribution in [1.82, 2.24) is 4.57 Å². The number of hydrogen-bond donors (Lipinski definition) is 2. The lowest BCUT2D eigenvalue weighted by molar-refractivity contribution is 0.187. The fourth-order valence-corrected chi connectivity index (χ4v) is 5.51. The zero-order valence-corrected chi connectivity index (χ0v) is 21.8. The lowest BCUT2D eigenvalue weighted by Gasteiger charge is -2.13. The second kappa shape index (κ2) is 11.3. The predicted molar refractivity (Wildman–Crippen MR) is 146 cm³/mol. The lowest BCUT2D eigenvalue weighted by atomic mass is 10.1. The Hall–Kier alpha value is -3.11. The van der Waals surface area contributed by atoms with Crippen molar-refractivity contribution in [2.24, 2.45) is 4.99 Å². The maximum Gasteiger partial charge on any atom is 0.261 e. The van der Waals surface area contributed by atoms with Gasteiger partial charge in [0.05, 0.1) is 17.5 Å². The number of nitrogens with zero attached hydrogens (tertiary/aromatic N) is 2. The third-order valence-electron chi connectivity index (χ3n) is 5.90. The van der Waals surface area contributed by atoms with Gasteiger partial charge in [-0.2, -0.15) is 0 Å². The van der Waals surface area contributed by atoms with E-state index < -0.39 is 27.3 Å². The van der Waals surface area contributed by atoms with Gasteiger partial charge in [0.1, 0.15) is 6.26 Å². The highest BCUT2D eigenvalue weighted by atomic mass is 32.2. The molecule has 2 N–H and O–H groups in total. The summed E-state index contributed by atoms with van der Waals surface area (Å²) in [4.78, 5) is 5.53. The minimum atomic E-state index is -3.71. The first-order valence-electron chi connectivity index (χ1n) is 11.5. The van der Waals surface area contributed by atoms with Gasteiger partial charge in [0.15, 0.2) is 4.90 Å². The van der Waals surface area contributed by atoms with Gasteiger partial charge in [-0.05, 0) is 66.1 Å². The number of aromatic nitrogens is 1. The van der Waals surface area contributed by atoms with Gasteiger partial charge in [0.25, 0.3) is 10.0 Å².